The maximum absolute atomic E-state index is 2.79. The van der Waals surface area contributed by atoms with E-state index in [9.17, 15) is 0 Å². The van der Waals surface area contributed by atoms with E-state index in [-0.39, 0.29) is 0 Å². The van der Waals surface area contributed by atoms with Crippen LogP contribution in [0, 0.1) is 76.9 Å². The lowest BCUT2D eigenvalue weighted by Gasteiger charge is -2.60. The topological polar surface area (TPSA) is 0 Å². The van der Waals surface area contributed by atoms with Crippen LogP contribution >= 0.6 is 0 Å². The van der Waals surface area contributed by atoms with E-state index in [1.807, 2.05) is 0 Å². The zero-order chi connectivity index (χ0) is 26.8. The minimum Gasteiger partial charge on any atom is -0.0882 e. The van der Waals surface area contributed by atoms with Crippen molar-refractivity contribution in [3.05, 3.63) is 12.2 Å². The van der Waals surface area contributed by atoms with Gasteiger partial charge < -0.3 is 0 Å². The molecule has 12 unspecified atom stereocenters. The van der Waals surface area contributed by atoms with Gasteiger partial charge >= 0.3 is 0 Å². The van der Waals surface area contributed by atoms with Gasteiger partial charge in [0.25, 0.3) is 0 Å². The Bertz CT molecular complexity index is 769. The number of allylic oxidation sites excluding steroid dienone is 2. The van der Waals surface area contributed by atoms with Crippen molar-refractivity contribution in [1.82, 2.24) is 0 Å². The standard InChI is InChI=1S/C39H66/c1-4-15-31-28(3)38(27(2)16-8-9-19-29-17-6-5-7-18-29)35-22-12-13-23-36(35)39(31)37-26-30-20-10-11-21-32(30)33-24-14-25-34(33)37/h10,20,27-39H,4-9,11-19,21-26H2,1-3H3. The summed E-state index contributed by atoms with van der Waals surface area (Å²) in [5.74, 6) is 13.4. The van der Waals surface area contributed by atoms with E-state index >= 15 is 0 Å². The van der Waals surface area contributed by atoms with Crippen LogP contribution in [-0.4, -0.2) is 0 Å². The van der Waals surface area contributed by atoms with Gasteiger partial charge in [-0.3, -0.25) is 0 Å². The van der Waals surface area contributed by atoms with E-state index in [4.69, 9.17) is 0 Å². The largest absolute Gasteiger partial charge is 0.0882 e. The predicted molar refractivity (Wildman–Crippen MR) is 168 cm³/mol. The normalized spacial score (nSPS) is 45.4. The Labute approximate surface area is 244 Å². The van der Waals surface area contributed by atoms with Gasteiger partial charge in [-0.25, -0.2) is 0 Å². The van der Waals surface area contributed by atoms with E-state index in [0.29, 0.717) is 0 Å². The molecule has 12 atom stereocenters. The summed E-state index contributed by atoms with van der Waals surface area (Å²) in [6.07, 6.45) is 37.4. The molecular weight excluding hydrogens is 468 g/mol. The average molecular weight is 535 g/mol. The van der Waals surface area contributed by atoms with Gasteiger partial charge in [0.15, 0.2) is 0 Å². The van der Waals surface area contributed by atoms with Crippen molar-refractivity contribution in [3.63, 3.8) is 0 Å². The highest BCUT2D eigenvalue weighted by molar-refractivity contribution is 5.09. The van der Waals surface area contributed by atoms with Crippen LogP contribution in [0.5, 0.6) is 0 Å². The van der Waals surface area contributed by atoms with Crippen molar-refractivity contribution in [2.75, 3.05) is 0 Å². The third-order valence-electron chi connectivity index (χ3n) is 14.5. The third-order valence-corrected chi connectivity index (χ3v) is 14.5. The third kappa shape index (κ3) is 5.99. The van der Waals surface area contributed by atoms with Gasteiger partial charge in [0.2, 0.25) is 0 Å². The zero-order valence-corrected chi connectivity index (χ0v) is 26.5. The first-order valence-electron chi connectivity index (χ1n) is 18.8. The predicted octanol–water partition coefficient (Wildman–Crippen LogP) is 11.9. The second kappa shape index (κ2) is 13.4. The fourth-order valence-corrected chi connectivity index (χ4v) is 13.1. The van der Waals surface area contributed by atoms with Gasteiger partial charge in [-0.1, -0.05) is 123 Å². The van der Waals surface area contributed by atoms with Crippen LogP contribution < -0.4 is 0 Å². The number of unbranched alkanes of at least 4 members (excludes halogenated alkanes) is 1. The Kier molecular flexibility index (Phi) is 9.88. The maximum atomic E-state index is 2.79. The van der Waals surface area contributed by atoms with E-state index in [1.54, 1.807) is 64.2 Å². The average Bonchev–Trinajstić information content (AvgIpc) is 3.47. The molecule has 5 fully saturated rings. The lowest BCUT2D eigenvalue weighted by atomic mass is 9.45. The molecule has 0 aliphatic heterocycles. The van der Waals surface area contributed by atoms with Crippen LogP contribution in [0.2, 0.25) is 0 Å². The Morgan fingerprint density at radius 3 is 2.21 bits per heavy atom. The molecule has 6 aliphatic carbocycles. The quantitative estimate of drug-likeness (QED) is 0.204. The molecule has 5 saturated carbocycles. The van der Waals surface area contributed by atoms with Crippen molar-refractivity contribution in [1.29, 1.82) is 0 Å². The van der Waals surface area contributed by atoms with Gasteiger partial charge in [0.1, 0.15) is 0 Å². The Morgan fingerprint density at radius 2 is 1.41 bits per heavy atom. The smallest absolute Gasteiger partial charge is 0.0199 e. The summed E-state index contributed by atoms with van der Waals surface area (Å²) < 4.78 is 0. The monoisotopic (exact) mass is 535 g/mol. The maximum Gasteiger partial charge on any atom is -0.0199 e. The van der Waals surface area contributed by atoms with Crippen LogP contribution in [0.4, 0.5) is 0 Å². The molecule has 6 aliphatic rings. The molecule has 39 heavy (non-hydrogen) atoms. The lowest BCUT2D eigenvalue weighted by Crippen LogP contribution is -2.54. The van der Waals surface area contributed by atoms with E-state index < -0.39 is 0 Å². The molecule has 0 nitrogen and oxygen atoms in total. The Balaban J connectivity index is 1.19. The Morgan fingerprint density at radius 1 is 0.692 bits per heavy atom. The summed E-state index contributed by atoms with van der Waals surface area (Å²) in [4.78, 5) is 0. The molecule has 0 bridgehead atoms. The number of fused-ring (bicyclic) bond motifs is 4. The first-order valence-corrected chi connectivity index (χ1v) is 18.8. The number of hydrogen-bond acceptors (Lipinski definition) is 0. The van der Waals surface area contributed by atoms with Crippen LogP contribution in [-0.2, 0) is 0 Å². The van der Waals surface area contributed by atoms with Gasteiger partial charge in [-0.05, 0) is 122 Å². The van der Waals surface area contributed by atoms with Crippen molar-refractivity contribution in [3.8, 4) is 0 Å². The van der Waals surface area contributed by atoms with Crippen molar-refractivity contribution >= 4 is 0 Å². The molecule has 0 N–H and O–H groups in total. The number of rotatable bonds is 9. The highest BCUT2D eigenvalue weighted by Gasteiger charge is 2.56. The second-order valence-corrected chi connectivity index (χ2v) is 16.3. The molecule has 0 heterocycles. The molecule has 6 rings (SSSR count). The van der Waals surface area contributed by atoms with Crippen molar-refractivity contribution in [2.45, 2.75) is 156 Å². The summed E-state index contributed by atoms with van der Waals surface area (Å²) >= 11 is 0. The fraction of sp³-hybridized carbons (Fsp3) is 0.949. The summed E-state index contributed by atoms with van der Waals surface area (Å²) in [5.41, 5.74) is 0. The highest BCUT2D eigenvalue weighted by atomic mass is 14.6. The second-order valence-electron chi connectivity index (χ2n) is 16.3. The summed E-state index contributed by atoms with van der Waals surface area (Å²) in [6, 6.07) is 0. The van der Waals surface area contributed by atoms with Crippen LogP contribution in [0.15, 0.2) is 12.2 Å². The summed E-state index contributed by atoms with van der Waals surface area (Å²) in [5, 5.41) is 0. The lowest BCUT2D eigenvalue weighted by molar-refractivity contribution is -0.112. The molecule has 0 aromatic carbocycles. The number of hydrogen-bond donors (Lipinski definition) is 0. The van der Waals surface area contributed by atoms with E-state index in [1.165, 1.54) is 70.6 Å². The van der Waals surface area contributed by atoms with E-state index in [0.717, 1.165) is 76.9 Å². The SMILES string of the molecule is CCCC1C(C)C(C(C)CCCCC2CCCCC2)C2CCCCC2C1C1CC2C=CCCC2C2CCCC21. The van der Waals surface area contributed by atoms with Gasteiger partial charge in [-0.2, -0.15) is 0 Å². The van der Waals surface area contributed by atoms with Crippen LogP contribution in [0.3, 0.4) is 0 Å². The first-order chi connectivity index (χ1) is 19.2. The molecule has 222 valence electrons. The van der Waals surface area contributed by atoms with Crippen molar-refractivity contribution in [2.24, 2.45) is 76.9 Å². The van der Waals surface area contributed by atoms with Gasteiger partial charge in [-0.15, -0.1) is 0 Å². The highest BCUT2D eigenvalue weighted by Crippen LogP contribution is 2.63. The molecule has 0 spiro atoms. The first kappa shape index (κ1) is 28.8. The van der Waals surface area contributed by atoms with Crippen LogP contribution in [0.1, 0.15) is 156 Å². The molecule has 0 saturated heterocycles. The van der Waals surface area contributed by atoms with E-state index in [2.05, 4.69) is 32.9 Å². The molecule has 0 aromatic rings. The Hall–Kier alpha value is -0.260. The molecule has 0 aromatic heterocycles. The van der Waals surface area contributed by atoms with Crippen molar-refractivity contribution < 1.29 is 0 Å². The van der Waals surface area contributed by atoms with Gasteiger partial charge in [0.05, 0.1) is 0 Å². The van der Waals surface area contributed by atoms with Gasteiger partial charge in [0, 0.05) is 0 Å². The minimum absolute atomic E-state index is 0.934. The fourth-order valence-electron chi connectivity index (χ4n) is 13.1. The van der Waals surface area contributed by atoms with Crippen LogP contribution in [0.25, 0.3) is 0 Å². The summed E-state index contributed by atoms with van der Waals surface area (Å²) in [7, 11) is 0. The summed E-state index contributed by atoms with van der Waals surface area (Å²) in [6.45, 7) is 8.03. The molecular formula is C39H66. The minimum atomic E-state index is 0.934. The molecule has 0 radical (unpaired) electrons. The zero-order valence-electron chi connectivity index (χ0n) is 26.5. The molecule has 0 heteroatoms. The molecule has 0 amide bonds.